The molecule has 1 unspecified atom stereocenters. The maximum Gasteiger partial charge on any atom is 0.218 e. The molecule has 0 spiro atoms. The van der Waals surface area contributed by atoms with E-state index in [1.54, 1.807) is 30.3 Å². The van der Waals surface area contributed by atoms with Gasteiger partial charge in [0.15, 0.2) is 0 Å². The first-order valence-corrected chi connectivity index (χ1v) is 5.01. The normalized spacial score (nSPS) is 13.0. The van der Waals surface area contributed by atoms with Gasteiger partial charge in [-0.3, -0.25) is 4.18 Å². The van der Waals surface area contributed by atoms with Gasteiger partial charge in [-0.25, -0.2) is 8.42 Å². The van der Waals surface area contributed by atoms with E-state index in [4.69, 9.17) is 0 Å². The lowest BCUT2D eigenvalue weighted by Crippen LogP contribution is -2.08. The third-order valence-electron chi connectivity index (χ3n) is 1.53. The fourth-order valence-electron chi connectivity index (χ4n) is 0.956. The Morgan fingerprint density at radius 2 is 1.79 bits per heavy atom. The molecule has 0 aliphatic heterocycles. The van der Waals surface area contributed by atoms with Crippen molar-refractivity contribution in [1.29, 1.82) is 0 Å². The molecule has 0 aromatic heterocycles. The van der Waals surface area contributed by atoms with E-state index >= 15 is 0 Å². The molecule has 5 nitrogen and oxygen atoms in total. The van der Waals surface area contributed by atoms with E-state index in [1.165, 1.54) is 6.92 Å². The van der Waals surface area contributed by atoms with Crippen molar-refractivity contribution in [3.05, 3.63) is 35.9 Å². The highest BCUT2D eigenvalue weighted by atomic mass is 32.3. The lowest BCUT2D eigenvalue weighted by atomic mass is 10.1. The Morgan fingerprint density at radius 1 is 1.29 bits per heavy atom. The first-order valence-electron chi connectivity index (χ1n) is 3.68. The van der Waals surface area contributed by atoms with E-state index in [9.17, 15) is 13.0 Å². The van der Waals surface area contributed by atoms with E-state index in [-0.39, 0.29) is 6.15 Å². The zero-order valence-electron chi connectivity index (χ0n) is 8.01. The predicted octanol–water partition coefficient (Wildman–Crippen LogP) is 1.60. The molecular formula is C8H13NO4S. The number of quaternary nitrogens is 1. The molecule has 0 aliphatic carbocycles. The molecule has 14 heavy (non-hydrogen) atoms. The van der Waals surface area contributed by atoms with Crippen LogP contribution in [-0.4, -0.2) is 13.0 Å². The number of benzene rings is 1. The van der Waals surface area contributed by atoms with E-state index in [1.807, 2.05) is 0 Å². The minimum Gasteiger partial charge on any atom is -0.726 e. The van der Waals surface area contributed by atoms with Gasteiger partial charge >= 0.3 is 0 Å². The molecule has 0 fully saturated rings. The van der Waals surface area contributed by atoms with E-state index in [2.05, 4.69) is 4.18 Å². The third-order valence-corrected chi connectivity index (χ3v) is 2.06. The van der Waals surface area contributed by atoms with Gasteiger partial charge < -0.3 is 10.7 Å². The highest BCUT2D eigenvalue weighted by molar-refractivity contribution is 7.80. The van der Waals surface area contributed by atoms with Crippen LogP contribution in [0, 0.1) is 0 Å². The quantitative estimate of drug-likeness (QED) is 0.615. The Morgan fingerprint density at radius 3 is 2.21 bits per heavy atom. The van der Waals surface area contributed by atoms with Crippen LogP contribution >= 0.6 is 0 Å². The average molecular weight is 219 g/mol. The van der Waals surface area contributed by atoms with Gasteiger partial charge in [-0.1, -0.05) is 30.3 Å². The summed E-state index contributed by atoms with van der Waals surface area (Å²) in [5, 5.41) is 0. The zero-order valence-corrected chi connectivity index (χ0v) is 8.82. The Balaban J connectivity index is 0.00000169. The average Bonchev–Trinajstić information content (AvgIpc) is 2.03. The standard InChI is InChI=1S/C8H10O4S.H3N/c1-7(12-13(9,10)11)8-5-3-2-4-6-8;/h2-7H,1H3,(H,9,10,11);1H3. The number of hydrogen-bond acceptors (Lipinski definition) is 4. The molecular weight excluding hydrogens is 206 g/mol. The second-order valence-corrected chi connectivity index (χ2v) is 3.57. The van der Waals surface area contributed by atoms with E-state index < -0.39 is 16.5 Å². The van der Waals surface area contributed by atoms with Gasteiger partial charge in [-0.2, -0.15) is 0 Å². The summed E-state index contributed by atoms with van der Waals surface area (Å²) in [6.07, 6.45) is -0.733. The molecule has 4 N–H and O–H groups in total. The highest BCUT2D eigenvalue weighted by Crippen LogP contribution is 2.17. The molecule has 1 aromatic rings. The second kappa shape index (κ2) is 5.06. The molecule has 80 valence electrons. The number of rotatable bonds is 3. The SMILES string of the molecule is CC(OS(=O)(=O)[O-])c1ccccc1.[NH4+]. The zero-order chi connectivity index (χ0) is 9.90. The van der Waals surface area contributed by atoms with Gasteiger partial charge in [-0.15, -0.1) is 0 Å². The van der Waals surface area contributed by atoms with Crippen molar-refractivity contribution in [2.75, 3.05) is 0 Å². The van der Waals surface area contributed by atoms with Crippen LogP contribution in [-0.2, 0) is 14.6 Å². The smallest absolute Gasteiger partial charge is 0.218 e. The molecule has 0 bridgehead atoms. The van der Waals surface area contributed by atoms with Crippen molar-refractivity contribution in [3.63, 3.8) is 0 Å². The maximum atomic E-state index is 10.2. The maximum absolute atomic E-state index is 10.2. The lowest BCUT2D eigenvalue weighted by Gasteiger charge is -2.14. The Kier molecular flexibility index (Phi) is 4.72. The van der Waals surface area contributed by atoms with Crippen molar-refractivity contribution in [2.45, 2.75) is 13.0 Å². The van der Waals surface area contributed by atoms with Crippen LogP contribution in [0.25, 0.3) is 0 Å². The summed E-state index contributed by atoms with van der Waals surface area (Å²) in [5.41, 5.74) is 0.655. The molecule has 1 aromatic carbocycles. The Labute approximate surface area is 83.2 Å². The molecule has 1 atom stereocenters. The minimum atomic E-state index is -4.62. The van der Waals surface area contributed by atoms with Gasteiger partial charge in [0.25, 0.3) is 0 Å². The van der Waals surface area contributed by atoms with Gasteiger partial charge in [0, 0.05) is 0 Å². The van der Waals surface area contributed by atoms with Crippen LogP contribution < -0.4 is 6.15 Å². The van der Waals surface area contributed by atoms with E-state index in [0.29, 0.717) is 5.56 Å². The molecule has 0 heterocycles. The summed E-state index contributed by atoms with van der Waals surface area (Å²) in [6, 6.07) is 8.66. The molecule has 0 radical (unpaired) electrons. The van der Waals surface area contributed by atoms with Gasteiger partial charge in [0.05, 0.1) is 6.10 Å². The summed E-state index contributed by atoms with van der Waals surface area (Å²) >= 11 is 0. The third kappa shape index (κ3) is 4.33. The van der Waals surface area contributed by atoms with Crippen LogP contribution in [0.15, 0.2) is 30.3 Å². The van der Waals surface area contributed by atoms with Crippen LogP contribution in [0.5, 0.6) is 0 Å². The summed E-state index contributed by atoms with van der Waals surface area (Å²) in [7, 11) is -4.62. The van der Waals surface area contributed by atoms with Crippen molar-refractivity contribution in [3.8, 4) is 0 Å². The van der Waals surface area contributed by atoms with Gasteiger partial charge in [0.2, 0.25) is 10.4 Å². The number of hydrogen-bond donors (Lipinski definition) is 1. The van der Waals surface area contributed by atoms with Crippen LogP contribution in [0.3, 0.4) is 0 Å². The topological polar surface area (TPSA) is 103 Å². The highest BCUT2D eigenvalue weighted by Gasteiger charge is 2.07. The fraction of sp³-hybridized carbons (Fsp3) is 0.250. The van der Waals surface area contributed by atoms with Crippen molar-refractivity contribution < 1.29 is 17.2 Å². The van der Waals surface area contributed by atoms with Crippen LogP contribution in [0.1, 0.15) is 18.6 Å². The predicted molar refractivity (Wildman–Crippen MR) is 51.6 cm³/mol. The Hall–Kier alpha value is -0.950. The van der Waals surface area contributed by atoms with E-state index in [0.717, 1.165) is 0 Å². The summed E-state index contributed by atoms with van der Waals surface area (Å²) < 4.78 is 35.0. The molecule has 0 aliphatic rings. The van der Waals surface area contributed by atoms with Crippen LogP contribution in [0.4, 0.5) is 0 Å². The first kappa shape index (κ1) is 13.1. The van der Waals surface area contributed by atoms with Crippen molar-refractivity contribution >= 4 is 10.4 Å². The van der Waals surface area contributed by atoms with Crippen molar-refractivity contribution in [1.82, 2.24) is 6.15 Å². The Bertz CT molecular complexity index is 362. The summed E-state index contributed by atoms with van der Waals surface area (Å²) in [6.45, 7) is 1.50. The fourth-order valence-corrected chi connectivity index (χ4v) is 1.42. The molecule has 1 rings (SSSR count). The lowest BCUT2D eigenvalue weighted by molar-refractivity contribution is 0.196. The summed E-state index contributed by atoms with van der Waals surface area (Å²) in [4.78, 5) is 0. The molecule has 0 saturated heterocycles. The van der Waals surface area contributed by atoms with Crippen LogP contribution in [0.2, 0.25) is 0 Å². The van der Waals surface area contributed by atoms with Crippen molar-refractivity contribution in [2.24, 2.45) is 0 Å². The van der Waals surface area contributed by atoms with Gasteiger partial charge in [0.1, 0.15) is 0 Å². The first-order chi connectivity index (χ1) is 5.99. The summed E-state index contributed by atoms with van der Waals surface area (Å²) in [5.74, 6) is 0. The largest absolute Gasteiger partial charge is 0.726 e. The molecule has 0 saturated carbocycles. The monoisotopic (exact) mass is 219 g/mol. The minimum absolute atomic E-state index is 0. The molecule has 0 amide bonds. The molecule has 6 heteroatoms. The van der Waals surface area contributed by atoms with Gasteiger partial charge in [-0.05, 0) is 12.5 Å². The second-order valence-electron chi connectivity index (χ2n) is 2.56.